The van der Waals surface area contributed by atoms with Crippen LogP contribution in [0.1, 0.15) is 12.0 Å². The van der Waals surface area contributed by atoms with E-state index in [4.69, 9.17) is 11.5 Å². The van der Waals surface area contributed by atoms with Crippen LogP contribution in [0.2, 0.25) is 0 Å². The third kappa shape index (κ3) is 2.70. The van der Waals surface area contributed by atoms with Crippen LogP contribution in [0, 0.1) is 5.41 Å². The van der Waals surface area contributed by atoms with Gasteiger partial charge in [-0.15, -0.1) is 0 Å². The number of amides is 2. The summed E-state index contributed by atoms with van der Waals surface area (Å²) in [5.74, 6) is -0.999. The highest BCUT2D eigenvalue weighted by atomic mass is 16.1. The smallest absolute Gasteiger partial charge is 0.244 e. The van der Waals surface area contributed by atoms with Crippen LogP contribution in [-0.4, -0.2) is 16.8 Å². The molecule has 1 heterocycles. The third-order valence-electron chi connectivity index (χ3n) is 3.27. The van der Waals surface area contributed by atoms with Crippen molar-refractivity contribution in [2.45, 2.75) is 12.8 Å². The standard InChI is InChI=1S/C14H15N3O2/c15-12(18)11-4-1-5-14(8-11,13(16)19)7-10-3-2-6-17-9-10/h1-6,9H,7-8H2,(H2,15,18)(H2,16,19). The maximum absolute atomic E-state index is 11.8. The molecule has 1 unspecified atom stereocenters. The van der Waals surface area contributed by atoms with Gasteiger partial charge in [0.15, 0.2) is 0 Å². The van der Waals surface area contributed by atoms with Crippen LogP contribution in [0.4, 0.5) is 0 Å². The molecule has 0 saturated carbocycles. The SMILES string of the molecule is NC(=O)C1=CC=CC(Cc2cccnc2)(C(N)=O)C1. The lowest BCUT2D eigenvalue weighted by atomic mass is 9.73. The molecule has 1 aliphatic rings. The van der Waals surface area contributed by atoms with Gasteiger partial charge in [0.1, 0.15) is 0 Å². The number of pyridine rings is 1. The van der Waals surface area contributed by atoms with Crippen molar-refractivity contribution < 1.29 is 9.59 Å². The normalized spacial score (nSPS) is 21.8. The Morgan fingerprint density at radius 1 is 1.37 bits per heavy atom. The van der Waals surface area contributed by atoms with Gasteiger partial charge < -0.3 is 11.5 Å². The molecule has 0 spiro atoms. The van der Waals surface area contributed by atoms with E-state index in [1.807, 2.05) is 6.07 Å². The zero-order chi connectivity index (χ0) is 13.9. The molecule has 2 rings (SSSR count). The highest BCUT2D eigenvalue weighted by molar-refractivity contribution is 5.95. The van der Waals surface area contributed by atoms with E-state index in [9.17, 15) is 9.59 Å². The fourth-order valence-electron chi connectivity index (χ4n) is 2.22. The number of primary amides is 2. The number of hydrogen-bond acceptors (Lipinski definition) is 3. The number of aromatic nitrogens is 1. The lowest BCUT2D eigenvalue weighted by Crippen LogP contribution is -2.40. The highest BCUT2D eigenvalue weighted by Crippen LogP contribution is 2.34. The molecule has 1 aromatic rings. The highest BCUT2D eigenvalue weighted by Gasteiger charge is 2.37. The minimum absolute atomic E-state index is 0.225. The van der Waals surface area contributed by atoms with Gasteiger partial charge in [-0.3, -0.25) is 14.6 Å². The molecule has 1 atom stereocenters. The van der Waals surface area contributed by atoms with Gasteiger partial charge >= 0.3 is 0 Å². The maximum Gasteiger partial charge on any atom is 0.244 e. The van der Waals surface area contributed by atoms with Gasteiger partial charge in [0, 0.05) is 18.0 Å². The summed E-state index contributed by atoms with van der Waals surface area (Å²) < 4.78 is 0. The molecule has 0 fully saturated rings. The molecule has 98 valence electrons. The van der Waals surface area contributed by atoms with Gasteiger partial charge in [-0.1, -0.05) is 24.3 Å². The molecule has 0 saturated heterocycles. The van der Waals surface area contributed by atoms with E-state index in [-0.39, 0.29) is 6.42 Å². The summed E-state index contributed by atoms with van der Waals surface area (Å²) in [7, 11) is 0. The molecule has 5 nitrogen and oxygen atoms in total. The van der Waals surface area contributed by atoms with Gasteiger partial charge in [0.05, 0.1) is 5.41 Å². The Kier molecular flexibility index (Phi) is 3.46. The van der Waals surface area contributed by atoms with Crippen molar-refractivity contribution in [2.75, 3.05) is 0 Å². The molecule has 4 N–H and O–H groups in total. The summed E-state index contributed by atoms with van der Waals surface area (Å²) in [4.78, 5) is 27.1. The molecule has 0 radical (unpaired) electrons. The Labute approximate surface area is 111 Å². The Bertz CT molecular complexity index is 563. The van der Waals surface area contributed by atoms with Crippen LogP contribution in [0.5, 0.6) is 0 Å². The van der Waals surface area contributed by atoms with Crippen LogP contribution >= 0.6 is 0 Å². The van der Waals surface area contributed by atoms with Crippen molar-refractivity contribution in [3.63, 3.8) is 0 Å². The third-order valence-corrected chi connectivity index (χ3v) is 3.27. The first-order chi connectivity index (χ1) is 9.03. The van der Waals surface area contributed by atoms with Gasteiger partial charge in [-0.05, 0) is 24.5 Å². The first-order valence-electron chi connectivity index (χ1n) is 5.90. The lowest BCUT2D eigenvalue weighted by molar-refractivity contribution is -0.125. The minimum Gasteiger partial charge on any atom is -0.369 e. The quantitative estimate of drug-likeness (QED) is 0.820. The fourth-order valence-corrected chi connectivity index (χ4v) is 2.22. The minimum atomic E-state index is -0.915. The van der Waals surface area contributed by atoms with Gasteiger partial charge in [-0.25, -0.2) is 0 Å². The molecule has 5 heteroatoms. The maximum atomic E-state index is 11.8. The average Bonchev–Trinajstić information content (AvgIpc) is 2.40. The molecule has 19 heavy (non-hydrogen) atoms. The molecule has 2 amide bonds. The molecular weight excluding hydrogens is 242 g/mol. The summed E-state index contributed by atoms with van der Waals surface area (Å²) >= 11 is 0. The summed E-state index contributed by atoms with van der Waals surface area (Å²) in [5.41, 5.74) is 11.2. The summed E-state index contributed by atoms with van der Waals surface area (Å²) in [6.07, 6.45) is 8.97. The van der Waals surface area contributed by atoms with E-state index in [1.165, 1.54) is 0 Å². The van der Waals surface area contributed by atoms with Crippen molar-refractivity contribution in [1.29, 1.82) is 0 Å². The molecular formula is C14H15N3O2. The molecule has 0 bridgehead atoms. The number of rotatable bonds is 4. The molecule has 0 aliphatic heterocycles. The summed E-state index contributed by atoms with van der Waals surface area (Å²) in [5, 5.41) is 0. The largest absolute Gasteiger partial charge is 0.369 e. The van der Waals surface area contributed by atoms with E-state index in [1.54, 1.807) is 36.7 Å². The lowest BCUT2D eigenvalue weighted by Gasteiger charge is -2.29. The summed E-state index contributed by atoms with van der Waals surface area (Å²) in [6, 6.07) is 3.66. The monoisotopic (exact) mass is 257 g/mol. The van der Waals surface area contributed by atoms with Gasteiger partial charge in [0.25, 0.3) is 0 Å². The average molecular weight is 257 g/mol. The number of nitrogens with two attached hydrogens (primary N) is 2. The molecule has 1 aromatic heterocycles. The Balaban J connectivity index is 2.31. The number of carbonyl (C=O) groups is 2. The second kappa shape index (κ2) is 5.06. The van der Waals surface area contributed by atoms with Crippen LogP contribution in [-0.2, 0) is 16.0 Å². The predicted octanol–water partition coefficient (Wildman–Crippen LogP) is 0.467. The van der Waals surface area contributed by atoms with Crippen LogP contribution in [0.25, 0.3) is 0 Å². The van der Waals surface area contributed by atoms with Crippen LogP contribution in [0.15, 0.2) is 48.3 Å². The summed E-state index contributed by atoms with van der Waals surface area (Å²) in [6.45, 7) is 0. The van der Waals surface area contributed by atoms with Crippen molar-refractivity contribution >= 4 is 11.8 Å². The Hall–Kier alpha value is -2.43. The van der Waals surface area contributed by atoms with E-state index in [0.717, 1.165) is 5.56 Å². The second-order valence-electron chi connectivity index (χ2n) is 4.65. The van der Waals surface area contributed by atoms with Crippen molar-refractivity contribution in [3.8, 4) is 0 Å². The van der Waals surface area contributed by atoms with E-state index < -0.39 is 17.2 Å². The van der Waals surface area contributed by atoms with E-state index in [0.29, 0.717) is 12.0 Å². The number of nitrogens with zero attached hydrogens (tertiary/aromatic N) is 1. The first-order valence-corrected chi connectivity index (χ1v) is 5.90. The molecule has 1 aliphatic carbocycles. The predicted molar refractivity (Wildman–Crippen MR) is 70.6 cm³/mol. The van der Waals surface area contributed by atoms with Crippen molar-refractivity contribution in [3.05, 3.63) is 53.9 Å². The number of hydrogen-bond donors (Lipinski definition) is 2. The zero-order valence-corrected chi connectivity index (χ0v) is 10.4. The van der Waals surface area contributed by atoms with Gasteiger partial charge in [-0.2, -0.15) is 0 Å². The topological polar surface area (TPSA) is 99.1 Å². The van der Waals surface area contributed by atoms with Crippen molar-refractivity contribution in [1.82, 2.24) is 4.98 Å². The van der Waals surface area contributed by atoms with Crippen LogP contribution < -0.4 is 11.5 Å². The molecule has 0 aromatic carbocycles. The zero-order valence-electron chi connectivity index (χ0n) is 10.4. The van der Waals surface area contributed by atoms with Crippen molar-refractivity contribution in [2.24, 2.45) is 16.9 Å². The number of carbonyl (C=O) groups excluding carboxylic acids is 2. The van der Waals surface area contributed by atoms with Gasteiger partial charge in [0.2, 0.25) is 11.8 Å². The van der Waals surface area contributed by atoms with E-state index in [2.05, 4.69) is 4.98 Å². The van der Waals surface area contributed by atoms with E-state index >= 15 is 0 Å². The fraction of sp³-hybridized carbons (Fsp3) is 0.214. The second-order valence-corrected chi connectivity index (χ2v) is 4.65. The van der Waals surface area contributed by atoms with Crippen LogP contribution in [0.3, 0.4) is 0 Å². The first kappa shape index (κ1) is 13.0. The Morgan fingerprint density at radius 3 is 2.74 bits per heavy atom. The number of allylic oxidation sites excluding steroid dienone is 2. The Morgan fingerprint density at radius 2 is 2.16 bits per heavy atom.